The number of hydrogen-bond donors (Lipinski definition) is 2. The van der Waals surface area contributed by atoms with Crippen LogP contribution in [-0.4, -0.2) is 42.7 Å². The van der Waals surface area contributed by atoms with E-state index in [-0.39, 0.29) is 11.5 Å². The first-order chi connectivity index (χ1) is 10.1. The molecular formula is C15H18N2O4. The maximum Gasteiger partial charge on any atom is 0.339 e. The van der Waals surface area contributed by atoms with Gasteiger partial charge in [0.2, 0.25) is 5.91 Å². The number of nitrogens with one attached hydrogen (secondary N) is 1. The topological polar surface area (TPSA) is 78.9 Å². The van der Waals surface area contributed by atoms with Gasteiger partial charge >= 0.3 is 5.97 Å². The number of carboxylic acid groups (broad SMARTS) is 1. The fourth-order valence-corrected chi connectivity index (χ4v) is 2.30. The molecule has 0 saturated heterocycles. The van der Waals surface area contributed by atoms with Crippen LogP contribution >= 0.6 is 0 Å². The van der Waals surface area contributed by atoms with Gasteiger partial charge in [-0.1, -0.05) is 12.1 Å². The van der Waals surface area contributed by atoms with E-state index in [4.69, 9.17) is 4.74 Å². The van der Waals surface area contributed by atoms with Crippen LogP contribution in [0.3, 0.4) is 0 Å². The van der Waals surface area contributed by atoms with Gasteiger partial charge in [0.15, 0.2) is 5.75 Å². The summed E-state index contributed by atoms with van der Waals surface area (Å²) in [6.07, 6.45) is 1.61. The molecule has 21 heavy (non-hydrogen) atoms. The quantitative estimate of drug-likeness (QED) is 0.799. The van der Waals surface area contributed by atoms with Gasteiger partial charge in [-0.25, -0.2) is 4.79 Å². The zero-order valence-electron chi connectivity index (χ0n) is 11.8. The standard InChI is InChI=1S/C15H18N2O4/c1-3-7-16-14(18)10(2)17-8-9-21-13-11(15(19)20)5-4-6-12(13)17/h3-6,10H,1,7-9H2,2H3,(H,16,18)(H,19,20). The van der Waals surface area contributed by atoms with Gasteiger partial charge < -0.3 is 20.1 Å². The average molecular weight is 290 g/mol. The summed E-state index contributed by atoms with van der Waals surface area (Å²) in [5.41, 5.74) is 0.735. The first-order valence-corrected chi connectivity index (χ1v) is 6.70. The van der Waals surface area contributed by atoms with Gasteiger partial charge in [0, 0.05) is 6.54 Å². The Balaban J connectivity index is 2.30. The van der Waals surface area contributed by atoms with Crippen LogP contribution in [0.2, 0.25) is 0 Å². The van der Waals surface area contributed by atoms with Crippen LogP contribution in [0.1, 0.15) is 17.3 Å². The summed E-state index contributed by atoms with van der Waals surface area (Å²) in [5.74, 6) is -0.861. The lowest BCUT2D eigenvalue weighted by molar-refractivity contribution is -0.121. The van der Waals surface area contributed by atoms with Crippen LogP contribution in [-0.2, 0) is 4.79 Å². The van der Waals surface area contributed by atoms with Crippen LogP contribution in [0.25, 0.3) is 0 Å². The van der Waals surface area contributed by atoms with Crippen molar-refractivity contribution in [1.82, 2.24) is 5.32 Å². The molecule has 1 unspecified atom stereocenters. The van der Waals surface area contributed by atoms with Crippen molar-refractivity contribution in [3.63, 3.8) is 0 Å². The van der Waals surface area contributed by atoms with E-state index in [1.807, 2.05) is 4.90 Å². The molecule has 112 valence electrons. The summed E-state index contributed by atoms with van der Waals surface area (Å²) >= 11 is 0. The van der Waals surface area contributed by atoms with Gasteiger partial charge in [0.25, 0.3) is 0 Å². The van der Waals surface area contributed by atoms with Crippen molar-refractivity contribution in [3.8, 4) is 5.75 Å². The highest BCUT2D eigenvalue weighted by Crippen LogP contribution is 2.36. The van der Waals surface area contributed by atoms with Gasteiger partial charge in [-0.2, -0.15) is 0 Å². The molecular weight excluding hydrogens is 272 g/mol. The molecule has 1 atom stereocenters. The smallest absolute Gasteiger partial charge is 0.339 e. The highest BCUT2D eigenvalue weighted by Gasteiger charge is 2.29. The fourth-order valence-electron chi connectivity index (χ4n) is 2.30. The first-order valence-electron chi connectivity index (χ1n) is 6.70. The van der Waals surface area contributed by atoms with Crippen molar-refractivity contribution in [2.75, 3.05) is 24.6 Å². The zero-order chi connectivity index (χ0) is 15.4. The molecule has 1 aromatic rings. The number of carboxylic acids is 1. The summed E-state index contributed by atoms with van der Waals surface area (Å²) in [6.45, 7) is 6.61. The summed E-state index contributed by atoms with van der Waals surface area (Å²) in [5, 5.41) is 11.9. The second-order valence-corrected chi connectivity index (χ2v) is 4.71. The molecule has 2 rings (SSSR count). The molecule has 0 bridgehead atoms. The Morgan fingerprint density at radius 3 is 3.00 bits per heavy atom. The Kier molecular flexibility index (Phi) is 4.47. The van der Waals surface area contributed by atoms with E-state index in [1.54, 1.807) is 25.1 Å². The summed E-state index contributed by atoms with van der Waals surface area (Å²) in [7, 11) is 0. The molecule has 0 fully saturated rings. The number of fused-ring (bicyclic) bond motifs is 1. The molecule has 2 N–H and O–H groups in total. The fraction of sp³-hybridized carbons (Fsp3) is 0.333. The Bertz CT molecular complexity index is 571. The van der Waals surface area contributed by atoms with Crippen molar-refractivity contribution in [3.05, 3.63) is 36.4 Å². The maximum absolute atomic E-state index is 12.1. The van der Waals surface area contributed by atoms with Crippen LogP contribution < -0.4 is 15.0 Å². The zero-order valence-corrected chi connectivity index (χ0v) is 11.8. The Labute approximate surface area is 123 Å². The molecule has 0 aliphatic carbocycles. The van der Waals surface area contributed by atoms with Crippen LogP contribution in [0.5, 0.6) is 5.75 Å². The number of para-hydroxylation sites is 1. The number of carbonyl (C=O) groups is 2. The van der Waals surface area contributed by atoms with E-state index in [0.717, 1.165) is 0 Å². The molecule has 6 heteroatoms. The highest BCUT2D eigenvalue weighted by atomic mass is 16.5. The first kappa shape index (κ1) is 14.9. The van der Waals surface area contributed by atoms with Crippen LogP contribution in [0.4, 0.5) is 5.69 Å². The lowest BCUT2D eigenvalue weighted by Gasteiger charge is -2.35. The average Bonchev–Trinajstić information content (AvgIpc) is 2.50. The third kappa shape index (κ3) is 2.99. The molecule has 1 aliphatic rings. The number of benzene rings is 1. The van der Waals surface area contributed by atoms with Gasteiger partial charge in [-0.15, -0.1) is 6.58 Å². The minimum atomic E-state index is -1.04. The van der Waals surface area contributed by atoms with Gasteiger partial charge in [-0.05, 0) is 19.1 Å². The predicted octanol–water partition coefficient (Wildman–Crippen LogP) is 1.27. The molecule has 0 saturated carbocycles. The van der Waals surface area contributed by atoms with Crippen molar-refractivity contribution in [2.45, 2.75) is 13.0 Å². The number of aromatic carboxylic acids is 1. The molecule has 1 heterocycles. The van der Waals surface area contributed by atoms with E-state index in [0.29, 0.717) is 31.1 Å². The second-order valence-electron chi connectivity index (χ2n) is 4.71. The summed E-state index contributed by atoms with van der Waals surface area (Å²) in [6, 6.07) is 4.49. The van der Waals surface area contributed by atoms with Crippen molar-refractivity contribution in [2.24, 2.45) is 0 Å². The van der Waals surface area contributed by atoms with E-state index in [1.165, 1.54) is 6.07 Å². The number of hydrogen-bond acceptors (Lipinski definition) is 4. The molecule has 1 amide bonds. The van der Waals surface area contributed by atoms with Crippen molar-refractivity contribution < 1.29 is 19.4 Å². The lowest BCUT2D eigenvalue weighted by atomic mass is 10.1. The third-order valence-corrected chi connectivity index (χ3v) is 3.38. The van der Waals surface area contributed by atoms with E-state index >= 15 is 0 Å². The number of rotatable bonds is 5. The molecule has 6 nitrogen and oxygen atoms in total. The van der Waals surface area contributed by atoms with Crippen molar-refractivity contribution in [1.29, 1.82) is 0 Å². The van der Waals surface area contributed by atoms with E-state index < -0.39 is 12.0 Å². The Morgan fingerprint density at radius 1 is 1.57 bits per heavy atom. The van der Waals surface area contributed by atoms with Gasteiger partial charge in [0.1, 0.15) is 18.2 Å². The second kappa shape index (κ2) is 6.30. The monoisotopic (exact) mass is 290 g/mol. The third-order valence-electron chi connectivity index (χ3n) is 3.38. The normalized spacial score (nSPS) is 14.6. The van der Waals surface area contributed by atoms with E-state index in [2.05, 4.69) is 11.9 Å². The lowest BCUT2D eigenvalue weighted by Crippen LogP contribution is -2.48. The highest BCUT2D eigenvalue weighted by molar-refractivity contribution is 5.94. The molecule has 1 aromatic carbocycles. The Morgan fingerprint density at radius 2 is 2.33 bits per heavy atom. The minimum Gasteiger partial charge on any atom is -0.489 e. The number of ether oxygens (including phenoxy) is 1. The largest absolute Gasteiger partial charge is 0.489 e. The van der Waals surface area contributed by atoms with Gasteiger partial charge in [-0.3, -0.25) is 4.79 Å². The van der Waals surface area contributed by atoms with Gasteiger partial charge in [0.05, 0.1) is 12.2 Å². The predicted molar refractivity (Wildman–Crippen MR) is 78.9 cm³/mol. The summed E-state index contributed by atoms with van der Waals surface area (Å²) in [4.78, 5) is 25.2. The number of nitrogens with zero attached hydrogens (tertiary/aromatic N) is 1. The number of amides is 1. The molecule has 0 spiro atoms. The molecule has 0 radical (unpaired) electrons. The Hall–Kier alpha value is -2.50. The summed E-state index contributed by atoms with van der Waals surface area (Å²) < 4.78 is 5.49. The van der Waals surface area contributed by atoms with Crippen LogP contribution in [0.15, 0.2) is 30.9 Å². The minimum absolute atomic E-state index is 0.107. The van der Waals surface area contributed by atoms with E-state index in [9.17, 15) is 14.7 Å². The SMILES string of the molecule is C=CCNC(=O)C(C)N1CCOc2c(C(=O)O)cccc21. The molecule has 1 aliphatic heterocycles. The number of carbonyl (C=O) groups excluding carboxylic acids is 1. The number of anilines is 1. The van der Waals surface area contributed by atoms with Crippen molar-refractivity contribution >= 4 is 17.6 Å². The van der Waals surface area contributed by atoms with Crippen LogP contribution in [0, 0.1) is 0 Å². The molecule has 0 aromatic heterocycles. The maximum atomic E-state index is 12.1.